The van der Waals surface area contributed by atoms with Gasteiger partial charge in [-0.3, -0.25) is 4.79 Å². The highest BCUT2D eigenvalue weighted by Gasteiger charge is 2.22. The molecule has 0 saturated carbocycles. The SMILES string of the molecule is NCCC(=O)N1CCN(c2ncc(Cl)cc2Cl)CC1. The summed E-state index contributed by atoms with van der Waals surface area (Å²) in [4.78, 5) is 19.9. The van der Waals surface area contributed by atoms with Crippen LogP contribution in [0.15, 0.2) is 12.3 Å². The molecule has 1 amide bonds. The predicted molar refractivity (Wildman–Crippen MR) is 76.7 cm³/mol. The summed E-state index contributed by atoms with van der Waals surface area (Å²) in [5.74, 6) is 0.828. The summed E-state index contributed by atoms with van der Waals surface area (Å²) >= 11 is 12.0. The first-order valence-corrected chi connectivity index (χ1v) is 6.91. The number of hydrogen-bond acceptors (Lipinski definition) is 4. The van der Waals surface area contributed by atoms with Gasteiger partial charge in [0.2, 0.25) is 5.91 Å². The third-order valence-electron chi connectivity index (χ3n) is 3.08. The third kappa shape index (κ3) is 3.49. The second-order valence-electron chi connectivity index (χ2n) is 4.37. The summed E-state index contributed by atoms with van der Waals surface area (Å²) in [5, 5.41) is 1.06. The number of carbonyl (C=O) groups is 1. The number of rotatable bonds is 3. The van der Waals surface area contributed by atoms with Crippen LogP contribution in [0.4, 0.5) is 5.82 Å². The fraction of sp³-hybridized carbons (Fsp3) is 0.500. The van der Waals surface area contributed by atoms with Gasteiger partial charge in [-0.25, -0.2) is 4.98 Å². The summed E-state index contributed by atoms with van der Waals surface area (Å²) in [7, 11) is 0. The minimum Gasteiger partial charge on any atom is -0.352 e. The maximum atomic E-state index is 11.7. The molecule has 1 fully saturated rings. The zero-order chi connectivity index (χ0) is 13.8. The average Bonchev–Trinajstić information content (AvgIpc) is 2.39. The Bertz CT molecular complexity index is 461. The number of nitrogens with zero attached hydrogens (tertiary/aromatic N) is 3. The van der Waals surface area contributed by atoms with Gasteiger partial charge in [-0.2, -0.15) is 0 Å². The molecular weight excluding hydrogens is 287 g/mol. The van der Waals surface area contributed by atoms with Gasteiger partial charge < -0.3 is 15.5 Å². The Morgan fingerprint density at radius 3 is 2.58 bits per heavy atom. The van der Waals surface area contributed by atoms with Crippen molar-refractivity contribution in [1.82, 2.24) is 9.88 Å². The molecule has 1 aliphatic rings. The predicted octanol–water partition coefficient (Wildman–Crippen LogP) is 1.39. The molecule has 0 aromatic carbocycles. The molecule has 2 N–H and O–H groups in total. The Hall–Kier alpha value is -1.04. The molecular formula is C12H16Cl2N4O. The minimum atomic E-state index is 0.109. The number of amides is 1. The van der Waals surface area contributed by atoms with Crippen LogP contribution in [0.3, 0.4) is 0 Å². The molecule has 5 nitrogen and oxygen atoms in total. The number of halogens is 2. The van der Waals surface area contributed by atoms with E-state index in [2.05, 4.69) is 9.88 Å². The zero-order valence-corrected chi connectivity index (χ0v) is 12.0. The molecule has 0 bridgehead atoms. The third-order valence-corrected chi connectivity index (χ3v) is 3.56. The van der Waals surface area contributed by atoms with Crippen LogP contribution in [0.1, 0.15) is 6.42 Å². The van der Waals surface area contributed by atoms with Crippen molar-refractivity contribution in [1.29, 1.82) is 0 Å². The molecule has 0 atom stereocenters. The lowest BCUT2D eigenvalue weighted by Crippen LogP contribution is -2.49. The van der Waals surface area contributed by atoms with E-state index in [1.165, 1.54) is 0 Å². The highest BCUT2D eigenvalue weighted by molar-refractivity contribution is 6.36. The van der Waals surface area contributed by atoms with E-state index in [-0.39, 0.29) is 5.91 Å². The molecule has 1 aromatic heterocycles. The number of nitrogens with two attached hydrogens (primary N) is 1. The first-order chi connectivity index (χ1) is 9.11. The molecule has 104 valence electrons. The Kier molecular flexibility index (Phi) is 4.85. The number of pyridine rings is 1. The monoisotopic (exact) mass is 302 g/mol. The Labute approximate surface area is 122 Å². The maximum absolute atomic E-state index is 11.7. The molecule has 0 unspecified atom stereocenters. The second kappa shape index (κ2) is 6.41. The number of anilines is 1. The van der Waals surface area contributed by atoms with E-state index >= 15 is 0 Å². The fourth-order valence-electron chi connectivity index (χ4n) is 2.09. The molecule has 1 aliphatic heterocycles. The van der Waals surface area contributed by atoms with Crippen molar-refractivity contribution in [2.24, 2.45) is 5.73 Å². The van der Waals surface area contributed by atoms with Crippen LogP contribution in [0.5, 0.6) is 0 Å². The number of aromatic nitrogens is 1. The first kappa shape index (κ1) is 14.4. The van der Waals surface area contributed by atoms with Gasteiger partial charge in [-0.1, -0.05) is 23.2 Å². The van der Waals surface area contributed by atoms with Crippen molar-refractivity contribution in [3.05, 3.63) is 22.3 Å². The van der Waals surface area contributed by atoms with Crippen molar-refractivity contribution in [3.63, 3.8) is 0 Å². The van der Waals surface area contributed by atoms with Crippen molar-refractivity contribution >= 4 is 34.9 Å². The molecule has 2 rings (SSSR count). The summed E-state index contributed by atoms with van der Waals surface area (Å²) in [6, 6.07) is 1.68. The molecule has 19 heavy (non-hydrogen) atoms. The number of piperazine rings is 1. The van der Waals surface area contributed by atoms with Crippen molar-refractivity contribution in [2.45, 2.75) is 6.42 Å². The van der Waals surface area contributed by atoms with Crippen LogP contribution in [0.2, 0.25) is 10.0 Å². The largest absolute Gasteiger partial charge is 0.352 e. The van der Waals surface area contributed by atoms with Gasteiger partial charge in [0.15, 0.2) is 0 Å². The highest BCUT2D eigenvalue weighted by Crippen LogP contribution is 2.26. The summed E-state index contributed by atoms with van der Waals surface area (Å²) < 4.78 is 0. The quantitative estimate of drug-likeness (QED) is 0.916. The molecule has 7 heteroatoms. The lowest BCUT2D eigenvalue weighted by molar-refractivity contribution is -0.131. The van der Waals surface area contributed by atoms with Gasteiger partial charge in [-0.05, 0) is 6.07 Å². The van der Waals surface area contributed by atoms with Gasteiger partial charge in [0.1, 0.15) is 5.82 Å². The molecule has 0 spiro atoms. The standard InChI is InChI=1S/C12H16Cl2N4O/c13-9-7-10(14)12(16-8-9)18-5-3-17(4-6-18)11(19)1-2-15/h7-8H,1-6,15H2. The van der Waals surface area contributed by atoms with Crippen LogP contribution in [0.25, 0.3) is 0 Å². The zero-order valence-electron chi connectivity index (χ0n) is 10.5. The summed E-state index contributed by atoms with van der Waals surface area (Å²) in [6.07, 6.45) is 1.98. The molecule has 0 radical (unpaired) electrons. The molecule has 0 aliphatic carbocycles. The normalized spacial score (nSPS) is 15.7. The van der Waals surface area contributed by atoms with E-state index in [9.17, 15) is 4.79 Å². The lowest BCUT2D eigenvalue weighted by atomic mass is 10.2. The fourth-order valence-corrected chi connectivity index (χ4v) is 2.59. The molecule has 1 aromatic rings. The average molecular weight is 303 g/mol. The van der Waals surface area contributed by atoms with Gasteiger partial charge >= 0.3 is 0 Å². The minimum absolute atomic E-state index is 0.109. The Morgan fingerprint density at radius 1 is 1.32 bits per heavy atom. The van der Waals surface area contributed by atoms with Crippen LogP contribution < -0.4 is 10.6 Å². The van der Waals surface area contributed by atoms with Gasteiger partial charge in [-0.15, -0.1) is 0 Å². The summed E-state index contributed by atoms with van der Waals surface area (Å²) in [5.41, 5.74) is 5.39. The van der Waals surface area contributed by atoms with Crippen LogP contribution in [-0.2, 0) is 4.79 Å². The topological polar surface area (TPSA) is 62.5 Å². The number of carbonyl (C=O) groups excluding carboxylic acids is 1. The summed E-state index contributed by atoms with van der Waals surface area (Å²) in [6.45, 7) is 3.15. The Morgan fingerprint density at radius 2 is 2.00 bits per heavy atom. The van der Waals surface area contributed by atoms with E-state index in [0.29, 0.717) is 49.2 Å². The van der Waals surface area contributed by atoms with Crippen molar-refractivity contribution in [3.8, 4) is 0 Å². The van der Waals surface area contributed by atoms with E-state index in [1.807, 2.05) is 4.90 Å². The smallest absolute Gasteiger partial charge is 0.223 e. The van der Waals surface area contributed by atoms with Crippen LogP contribution in [-0.4, -0.2) is 48.5 Å². The molecule has 1 saturated heterocycles. The second-order valence-corrected chi connectivity index (χ2v) is 5.21. The van der Waals surface area contributed by atoms with Crippen molar-refractivity contribution < 1.29 is 4.79 Å². The van der Waals surface area contributed by atoms with E-state index in [0.717, 1.165) is 5.82 Å². The van der Waals surface area contributed by atoms with Gasteiger partial charge in [0.05, 0.1) is 10.0 Å². The Balaban J connectivity index is 1.98. The lowest BCUT2D eigenvalue weighted by Gasteiger charge is -2.35. The van der Waals surface area contributed by atoms with Gasteiger partial charge in [0.25, 0.3) is 0 Å². The van der Waals surface area contributed by atoms with E-state index in [1.54, 1.807) is 12.3 Å². The van der Waals surface area contributed by atoms with Crippen molar-refractivity contribution in [2.75, 3.05) is 37.6 Å². The van der Waals surface area contributed by atoms with E-state index in [4.69, 9.17) is 28.9 Å². The maximum Gasteiger partial charge on any atom is 0.223 e. The highest BCUT2D eigenvalue weighted by atomic mass is 35.5. The van der Waals surface area contributed by atoms with Crippen LogP contribution in [0, 0.1) is 0 Å². The number of hydrogen-bond donors (Lipinski definition) is 1. The molecule has 2 heterocycles. The van der Waals surface area contributed by atoms with E-state index < -0.39 is 0 Å². The van der Waals surface area contributed by atoms with Gasteiger partial charge in [0, 0.05) is 45.3 Å². The van der Waals surface area contributed by atoms with Crippen LogP contribution >= 0.6 is 23.2 Å². The first-order valence-electron chi connectivity index (χ1n) is 6.15.